The number of hydrogen-bond acceptors (Lipinski definition) is 5. The Balaban J connectivity index is 1.80. The number of aryl methyl sites for hydroxylation is 2. The molecule has 0 spiro atoms. The van der Waals surface area contributed by atoms with Gasteiger partial charge in [-0.15, -0.1) is 10.2 Å². The van der Waals surface area contributed by atoms with Crippen LogP contribution in [0.5, 0.6) is 0 Å². The molecule has 3 aromatic rings. The number of pyridine rings is 1. The molecule has 0 radical (unpaired) electrons. The number of aromatic nitrogens is 7. The van der Waals surface area contributed by atoms with Crippen LogP contribution >= 0.6 is 0 Å². The molecule has 0 N–H and O–H groups in total. The van der Waals surface area contributed by atoms with Gasteiger partial charge in [-0.2, -0.15) is 9.90 Å². The van der Waals surface area contributed by atoms with Gasteiger partial charge in [0, 0.05) is 18.4 Å². The van der Waals surface area contributed by atoms with Crippen LogP contribution < -0.4 is 0 Å². The number of nitrogens with zero attached hydrogens (tertiary/aromatic N) is 7. The van der Waals surface area contributed by atoms with Gasteiger partial charge in [-0.25, -0.2) is 0 Å². The van der Waals surface area contributed by atoms with Gasteiger partial charge >= 0.3 is 0 Å². The normalized spacial score (nSPS) is 10.9. The van der Waals surface area contributed by atoms with Crippen molar-refractivity contribution in [1.82, 2.24) is 35.0 Å². The van der Waals surface area contributed by atoms with Crippen LogP contribution in [0.1, 0.15) is 18.3 Å². The fraction of sp³-hybridized carbons (Fsp3) is 0.308. The molecule has 3 rings (SSSR count). The minimum atomic E-state index is 0.508. The first-order chi connectivity index (χ1) is 9.76. The summed E-state index contributed by atoms with van der Waals surface area (Å²) in [6, 6.07) is 7.65. The van der Waals surface area contributed by atoms with E-state index in [4.69, 9.17) is 0 Å². The summed E-state index contributed by atoms with van der Waals surface area (Å²) < 4.78 is 1.95. The zero-order chi connectivity index (χ0) is 13.9. The highest BCUT2D eigenvalue weighted by Gasteiger charge is 2.09. The summed E-state index contributed by atoms with van der Waals surface area (Å²) in [5.41, 5.74) is 2.77. The predicted molar refractivity (Wildman–Crippen MR) is 72.8 cm³/mol. The second kappa shape index (κ2) is 5.20. The molecule has 102 valence electrons. The Morgan fingerprint density at radius 3 is 2.80 bits per heavy atom. The summed E-state index contributed by atoms with van der Waals surface area (Å²) in [5, 5.41) is 16.9. The third-order valence-electron chi connectivity index (χ3n) is 2.98. The third-order valence-corrected chi connectivity index (χ3v) is 2.98. The summed E-state index contributed by atoms with van der Waals surface area (Å²) in [7, 11) is 0. The van der Waals surface area contributed by atoms with Gasteiger partial charge < -0.3 is 0 Å². The molecule has 7 heteroatoms. The minimum Gasteiger partial charge on any atom is -0.270 e. The zero-order valence-corrected chi connectivity index (χ0v) is 11.4. The molecule has 0 atom stereocenters. The Hall–Kier alpha value is -2.57. The van der Waals surface area contributed by atoms with Crippen molar-refractivity contribution in [3.8, 4) is 11.5 Å². The molecule has 0 aliphatic carbocycles. The average Bonchev–Trinajstić information content (AvgIpc) is 3.07. The number of tetrazole rings is 1. The molecule has 0 fully saturated rings. The van der Waals surface area contributed by atoms with E-state index >= 15 is 0 Å². The molecule has 0 aliphatic heterocycles. The first kappa shape index (κ1) is 12.5. The van der Waals surface area contributed by atoms with Gasteiger partial charge in [-0.05, 0) is 37.3 Å². The maximum absolute atomic E-state index is 4.48. The van der Waals surface area contributed by atoms with Gasteiger partial charge in [-0.1, -0.05) is 6.07 Å². The summed E-state index contributed by atoms with van der Waals surface area (Å²) in [4.78, 5) is 5.74. The zero-order valence-electron chi connectivity index (χ0n) is 11.4. The van der Waals surface area contributed by atoms with Gasteiger partial charge in [0.15, 0.2) is 0 Å². The Morgan fingerprint density at radius 2 is 2.10 bits per heavy atom. The van der Waals surface area contributed by atoms with E-state index in [-0.39, 0.29) is 0 Å². The van der Waals surface area contributed by atoms with Gasteiger partial charge in [0.1, 0.15) is 12.2 Å². The lowest BCUT2D eigenvalue weighted by molar-refractivity contribution is 0.549. The van der Waals surface area contributed by atoms with E-state index in [1.165, 1.54) is 4.80 Å². The van der Waals surface area contributed by atoms with Crippen molar-refractivity contribution in [3.05, 3.63) is 41.9 Å². The molecule has 0 saturated carbocycles. The van der Waals surface area contributed by atoms with Crippen LogP contribution in [0, 0.1) is 6.92 Å². The summed E-state index contributed by atoms with van der Waals surface area (Å²) in [5.74, 6) is 0.525. The van der Waals surface area contributed by atoms with Crippen molar-refractivity contribution in [2.24, 2.45) is 0 Å². The highest BCUT2D eigenvalue weighted by atomic mass is 15.6. The van der Waals surface area contributed by atoms with Crippen molar-refractivity contribution in [2.45, 2.75) is 26.9 Å². The highest BCUT2D eigenvalue weighted by molar-refractivity contribution is 5.46. The van der Waals surface area contributed by atoms with Crippen LogP contribution in [0.2, 0.25) is 0 Å². The van der Waals surface area contributed by atoms with Crippen LogP contribution in [0.4, 0.5) is 0 Å². The minimum absolute atomic E-state index is 0.508. The molecule has 20 heavy (non-hydrogen) atoms. The smallest absolute Gasteiger partial charge is 0.223 e. The SMILES string of the molecule is CCn1nc(Cn2nnc(-c3ccccn3)n2)cc1C. The Bertz CT molecular complexity index is 699. The molecule has 0 saturated heterocycles. The van der Waals surface area contributed by atoms with Gasteiger partial charge in [0.25, 0.3) is 0 Å². The van der Waals surface area contributed by atoms with Crippen LogP contribution in [0.3, 0.4) is 0 Å². The largest absolute Gasteiger partial charge is 0.270 e. The predicted octanol–water partition coefficient (Wildman–Crippen LogP) is 1.31. The lowest BCUT2D eigenvalue weighted by Gasteiger charge is -1.96. The molecule has 3 heterocycles. The van der Waals surface area contributed by atoms with E-state index < -0.39 is 0 Å². The Kier molecular flexibility index (Phi) is 3.24. The molecule has 0 aliphatic rings. The molecule has 0 unspecified atom stereocenters. The van der Waals surface area contributed by atoms with Crippen LogP contribution in [-0.4, -0.2) is 35.0 Å². The van der Waals surface area contributed by atoms with Crippen LogP contribution in [0.25, 0.3) is 11.5 Å². The summed E-state index contributed by atoms with van der Waals surface area (Å²) >= 11 is 0. The average molecular weight is 269 g/mol. The fourth-order valence-electron chi connectivity index (χ4n) is 2.03. The third kappa shape index (κ3) is 2.42. The lowest BCUT2D eigenvalue weighted by atomic mass is 10.3. The van der Waals surface area contributed by atoms with Crippen molar-refractivity contribution < 1.29 is 0 Å². The molecular formula is C13H15N7. The molecule has 0 amide bonds. The molecule has 7 nitrogen and oxygen atoms in total. The van der Waals surface area contributed by atoms with Crippen LogP contribution in [-0.2, 0) is 13.1 Å². The van der Waals surface area contributed by atoms with E-state index in [1.807, 2.05) is 35.9 Å². The van der Waals surface area contributed by atoms with Gasteiger partial charge in [0.2, 0.25) is 5.82 Å². The molecular weight excluding hydrogens is 254 g/mol. The molecule has 3 aromatic heterocycles. The first-order valence-electron chi connectivity index (χ1n) is 6.49. The number of rotatable bonds is 4. The monoisotopic (exact) mass is 269 g/mol. The van der Waals surface area contributed by atoms with Gasteiger partial charge in [0.05, 0.1) is 5.69 Å². The molecule has 0 bridgehead atoms. The van der Waals surface area contributed by atoms with Crippen LogP contribution in [0.15, 0.2) is 30.5 Å². The quantitative estimate of drug-likeness (QED) is 0.714. The summed E-state index contributed by atoms with van der Waals surface area (Å²) in [6.07, 6.45) is 1.71. The summed E-state index contributed by atoms with van der Waals surface area (Å²) in [6.45, 7) is 5.47. The highest BCUT2D eigenvalue weighted by Crippen LogP contribution is 2.09. The van der Waals surface area contributed by atoms with E-state index in [0.717, 1.165) is 17.9 Å². The lowest BCUT2D eigenvalue weighted by Crippen LogP contribution is -2.06. The van der Waals surface area contributed by atoms with Crippen molar-refractivity contribution >= 4 is 0 Å². The van der Waals surface area contributed by atoms with E-state index in [1.54, 1.807) is 6.20 Å². The maximum atomic E-state index is 4.48. The molecule has 0 aromatic carbocycles. The Morgan fingerprint density at radius 1 is 1.20 bits per heavy atom. The topological polar surface area (TPSA) is 74.3 Å². The standard InChI is InChI=1S/C13H15N7/c1-3-19-10(2)8-11(16-19)9-20-17-13(15-18-20)12-6-4-5-7-14-12/h4-8H,3,9H2,1-2H3. The van der Waals surface area contributed by atoms with E-state index in [0.29, 0.717) is 18.1 Å². The van der Waals surface area contributed by atoms with Crippen molar-refractivity contribution in [3.63, 3.8) is 0 Å². The second-order valence-corrected chi connectivity index (χ2v) is 4.45. The van der Waals surface area contributed by atoms with Crippen molar-refractivity contribution in [1.29, 1.82) is 0 Å². The number of hydrogen-bond donors (Lipinski definition) is 0. The van der Waals surface area contributed by atoms with Gasteiger partial charge in [-0.3, -0.25) is 9.67 Å². The maximum Gasteiger partial charge on any atom is 0.223 e. The fourth-order valence-corrected chi connectivity index (χ4v) is 2.03. The van der Waals surface area contributed by atoms with Crippen molar-refractivity contribution in [2.75, 3.05) is 0 Å². The Labute approximate surface area is 116 Å². The first-order valence-corrected chi connectivity index (χ1v) is 6.49. The van der Waals surface area contributed by atoms with E-state index in [2.05, 4.69) is 32.4 Å². The van der Waals surface area contributed by atoms with E-state index in [9.17, 15) is 0 Å². The second-order valence-electron chi connectivity index (χ2n) is 4.45.